The van der Waals surface area contributed by atoms with E-state index in [1.165, 1.54) is 0 Å². The lowest BCUT2D eigenvalue weighted by atomic mass is 10.1. The Balaban J connectivity index is 2.29. The van der Waals surface area contributed by atoms with E-state index in [0.29, 0.717) is 12.2 Å². The second-order valence-corrected chi connectivity index (χ2v) is 5.28. The van der Waals surface area contributed by atoms with Crippen molar-refractivity contribution in [3.63, 3.8) is 0 Å². The van der Waals surface area contributed by atoms with Crippen LogP contribution in [-0.4, -0.2) is 13.7 Å². The lowest BCUT2D eigenvalue weighted by Gasteiger charge is -2.20. The summed E-state index contributed by atoms with van der Waals surface area (Å²) >= 11 is 3.43. The molecule has 20 heavy (non-hydrogen) atoms. The number of anilines is 1. The van der Waals surface area contributed by atoms with Crippen LogP contribution in [0.5, 0.6) is 0 Å². The molecule has 3 nitrogen and oxygen atoms in total. The van der Waals surface area contributed by atoms with E-state index in [4.69, 9.17) is 4.74 Å². The van der Waals surface area contributed by atoms with Gasteiger partial charge in [-0.15, -0.1) is 0 Å². The van der Waals surface area contributed by atoms with Gasteiger partial charge in [-0.05, 0) is 23.8 Å². The van der Waals surface area contributed by atoms with Crippen molar-refractivity contribution >= 4 is 21.6 Å². The summed E-state index contributed by atoms with van der Waals surface area (Å²) in [4.78, 5) is 0. The minimum absolute atomic E-state index is 0.00241. The Labute approximate surface area is 127 Å². The molecule has 2 aromatic carbocycles. The number of hydrogen-bond acceptors (Lipinski definition) is 3. The molecular formula is C16H15BrN2O. The molecule has 1 N–H and O–H groups in total. The third-order valence-corrected chi connectivity index (χ3v) is 3.46. The van der Waals surface area contributed by atoms with E-state index in [1.54, 1.807) is 13.2 Å². The zero-order valence-electron chi connectivity index (χ0n) is 11.1. The minimum atomic E-state index is 0.00241. The molecule has 0 amide bonds. The Morgan fingerprint density at radius 2 is 2.00 bits per heavy atom. The Kier molecular flexibility index (Phi) is 5.16. The molecule has 0 aliphatic carbocycles. The molecule has 2 rings (SSSR count). The fourth-order valence-corrected chi connectivity index (χ4v) is 2.36. The van der Waals surface area contributed by atoms with Crippen LogP contribution in [0.1, 0.15) is 17.2 Å². The number of nitriles is 1. The first-order chi connectivity index (χ1) is 9.74. The topological polar surface area (TPSA) is 45.0 Å². The van der Waals surface area contributed by atoms with E-state index in [9.17, 15) is 5.26 Å². The van der Waals surface area contributed by atoms with Crippen molar-refractivity contribution in [2.24, 2.45) is 0 Å². The standard InChI is InChI=1S/C16H15BrN2O/c1-20-11-16(12-5-3-2-4-6-12)19-15-9-14(17)8-7-13(15)10-18/h2-9,16,19H,11H2,1H3. The Morgan fingerprint density at radius 1 is 1.25 bits per heavy atom. The van der Waals surface area contributed by atoms with Gasteiger partial charge >= 0.3 is 0 Å². The molecule has 0 aliphatic rings. The quantitative estimate of drug-likeness (QED) is 0.896. The number of nitrogens with zero attached hydrogens (tertiary/aromatic N) is 1. The van der Waals surface area contributed by atoms with Gasteiger partial charge in [-0.2, -0.15) is 5.26 Å². The number of methoxy groups -OCH3 is 1. The molecule has 0 saturated carbocycles. The molecule has 0 aromatic heterocycles. The molecule has 2 aromatic rings. The minimum Gasteiger partial charge on any atom is -0.382 e. The van der Waals surface area contributed by atoms with Gasteiger partial charge in [0, 0.05) is 11.6 Å². The zero-order chi connectivity index (χ0) is 14.4. The number of benzene rings is 2. The monoisotopic (exact) mass is 330 g/mol. The van der Waals surface area contributed by atoms with Gasteiger partial charge in [0.25, 0.3) is 0 Å². The normalized spacial score (nSPS) is 11.7. The maximum Gasteiger partial charge on any atom is 0.101 e. The average Bonchev–Trinajstić information content (AvgIpc) is 2.48. The van der Waals surface area contributed by atoms with Gasteiger partial charge < -0.3 is 10.1 Å². The highest BCUT2D eigenvalue weighted by atomic mass is 79.9. The molecule has 0 fully saturated rings. The van der Waals surface area contributed by atoms with Gasteiger partial charge in [-0.3, -0.25) is 0 Å². The maximum absolute atomic E-state index is 9.19. The summed E-state index contributed by atoms with van der Waals surface area (Å²) in [5.74, 6) is 0. The maximum atomic E-state index is 9.19. The predicted octanol–water partition coefficient (Wildman–Crippen LogP) is 4.12. The van der Waals surface area contributed by atoms with Crippen LogP contribution in [0.25, 0.3) is 0 Å². The molecular weight excluding hydrogens is 316 g/mol. The van der Waals surface area contributed by atoms with E-state index < -0.39 is 0 Å². The summed E-state index contributed by atoms with van der Waals surface area (Å²) in [6.07, 6.45) is 0. The van der Waals surface area contributed by atoms with Gasteiger partial charge in [-0.1, -0.05) is 46.3 Å². The van der Waals surface area contributed by atoms with Gasteiger partial charge in [0.2, 0.25) is 0 Å². The number of halogens is 1. The Hall–Kier alpha value is -1.83. The molecule has 4 heteroatoms. The Bertz CT molecular complexity index is 608. The molecule has 0 heterocycles. The van der Waals surface area contributed by atoms with E-state index >= 15 is 0 Å². The molecule has 1 unspecified atom stereocenters. The summed E-state index contributed by atoms with van der Waals surface area (Å²) in [5, 5.41) is 12.6. The van der Waals surface area contributed by atoms with Crippen LogP contribution in [0.3, 0.4) is 0 Å². The lowest BCUT2D eigenvalue weighted by Crippen LogP contribution is -2.16. The van der Waals surface area contributed by atoms with Crippen molar-refractivity contribution in [3.8, 4) is 6.07 Å². The van der Waals surface area contributed by atoms with Crippen molar-refractivity contribution < 1.29 is 4.74 Å². The zero-order valence-corrected chi connectivity index (χ0v) is 12.7. The summed E-state index contributed by atoms with van der Waals surface area (Å²) in [6.45, 7) is 0.529. The van der Waals surface area contributed by atoms with Crippen LogP contribution in [-0.2, 0) is 4.74 Å². The van der Waals surface area contributed by atoms with Crippen LogP contribution >= 0.6 is 15.9 Å². The molecule has 0 bridgehead atoms. The van der Waals surface area contributed by atoms with Crippen molar-refractivity contribution in [2.75, 3.05) is 19.0 Å². The highest BCUT2D eigenvalue weighted by Gasteiger charge is 2.13. The van der Waals surface area contributed by atoms with Crippen LogP contribution in [0, 0.1) is 11.3 Å². The van der Waals surface area contributed by atoms with Gasteiger partial charge in [0.1, 0.15) is 6.07 Å². The lowest BCUT2D eigenvalue weighted by molar-refractivity contribution is 0.186. The summed E-state index contributed by atoms with van der Waals surface area (Å²) in [7, 11) is 1.67. The molecule has 0 aliphatic heterocycles. The van der Waals surface area contributed by atoms with Gasteiger partial charge in [-0.25, -0.2) is 0 Å². The second kappa shape index (κ2) is 7.09. The molecule has 0 radical (unpaired) electrons. The first kappa shape index (κ1) is 14.6. The predicted molar refractivity (Wildman–Crippen MR) is 83.5 cm³/mol. The number of rotatable bonds is 5. The van der Waals surface area contributed by atoms with Crippen LogP contribution in [0.2, 0.25) is 0 Å². The van der Waals surface area contributed by atoms with Gasteiger partial charge in [0.15, 0.2) is 0 Å². The first-order valence-corrected chi connectivity index (χ1v) is 7.04. The SMILES string of the molecule is COCC(Nc1cc(Br)ccc1C#N)c1ccccc1. The average molecular weight is 331 g/mol. The third kappa shape index (κ3) is 3.60. The first-order valence-electron chi connectivity index (χ1n) is 6.24. The van der Waals surface area contributed by atoms with Crippen LogP contribution in [0.4, 0.5) is 5.69 Å². The second-order valence-electron chi connectivity index (χ2n) is 4.36. The van der Waals surface area contributed by atoms with Crippen molar-refractivity contribution in [3.05, 3.63) is 64.1 Å². The molecule has 102 valence electrons. The molecule has 1 atom stereocenters. The van der Waals surface area contributed by atoms with Gasteiger partial charge in [0.05, 0.1) is 23.9 Å². The Morgan fingerprint density at radius 3 is 2.65 bits per heavy atom. The van der Waals surface area contributed by atoms with Crippen LogP contribution in [0.15, 0.2) is 53.0 Å². The fraction of sp³-hybridized carbons (Fsp3) is 0.188. The van der Waals surface area contributed by atoms with Crippen molar-refractivity contribution in [1.29, 1.82) is 5.26 Å². The number of hydrogen-bond donors (Lipinski definition) is 1. The third-order valence-electron chi connectivity index (χ3n) is 2.97. The molecule has 0 saturated heterocycles. The fourth-order valence-electron chi connectivity index (χ4n) is 1.99. The summed E-state index contributed by atoms with van der Waals surface area (Å²) in [5.41, 5.74) is 2.54. The van der Waals surface area contributed by atoms with E-state index in [1.807, 2.05) is 42.5 Å². The van der Waals surface area contributed by atoms with Crippen molar-refractivity contribution in [2.45, 2.75) is 6.04 Å². The number of ether oxygens (including phenoxy) is 1. The van der Waals surface area contributed by atoms with Crippen molar-refractivity contribution in [1.82, 2.24) is 0 Å². The number of nitrogens with one attached hydrogen (secondary N) is 1. The van der Waals surface area contributed by atoms with Crippen LogP contribution < -0.4 is 5.32 Å². The largest absolute Gasteiger partial charge is 0.382 e. The highest BCUT2D eigenvalue weighted by Crippen LogP contribution is 2.25. The van der Waals surface area contributed by atoms with E-state index in [-0.39, 0.29) is 6.04 Å². The van der Waals surface area contributed by atoms with E-state index in [2.05, 4.69) is 27.3 Å². The smallest absolute Gasteiger partial charge is 0.101 e. The summed E-state index contributed by atoms with van der Waals surface area (Å²) in [6, 6.07) is 17.8. The summed E-state index contributed by atoms with van der Waals surface area (Å²) < 4.78 is 6.21. The van der Waals surface area contributed by atoms with E-state index in [0.717, 1.165) is 15.7 Å². The highest BCUT2D eigenvalue weighted by molar-refractivity contribution is 9.10. The molecule has 0 spiro atoms.